The molecule has 55 heavy (non-hydrogen) atoms. The van der Waals surface area contributed by atoms with E-state index in [1.165, 1.54) is 44.0 Å². The predicted octanol–water partition coefficient (Wildman–Crippen LogP) is 13.1. The molecule has 8 aromatic carbocycles. The van der Waals surface area contributed by atoms with Crippen LogP contribution >= 0.6 is 0 Å². The van der Waals surface area contributed by atoms with Crippen molar-refractivity contribution in [3.8, 4) is 45.0 Å². The molecular formula is C51H33N3O. The topological polar surface area (TPSA) is 51.8 Å². The minimum absolute atomic E-state index is 0.0221. The second-order valence-electron chi connectivity index (χ2n) is 14.4. The number of hydrogen-bond acceptors (Lipinski definition) is 4. The fourth-order valence-corrected chi connectivity index (χ4v) is 8.16. The molecule has 2 aromatic heterocycles. The first-order valence-corrected chi connectivity index (χ1v) is 18.8. The third-order valence-electron chi connectivity index (χ3n) is 11.0. The van der Waals surface area contributed by atoms with Gasteiger partial charge in [0, 0.05) is 27.8 Å². The number of furan rings is 1. The van der Waals surface area contributed by atoms with Crippen LogP contribution in [0.1, 0.15) is 22.9 Å². The highest BCUT2D eigenvalue weighted by molar-refractivity contribution is 6.12. The van der Waals surface area contributed by atoms with E-state index in [2.05, 4.69) is 170 Å². The van der Waals surface area contributed by atoms with Gasteiger partial charge in [-0.1, -0.05) is 158 Å². The highest BCUT2D eigenvalue weighted by atomic mass is 16.3. The number of rotatable bonds is 5. The van der Waals surface area contributed by atoms with Crippen molar-refractivity contribution in [2.24, 2.45) is 0 Å². The first kappa shape index (κ1) is 31.4. The smallest absolute Gasteiger partial charge is 0.163 e. The molecule has 0 saturated carbocycles. The fourth-order valence-electron chi connectivity index (χ4n) is 8.16. The molecule has 0 fully saturated rings. The lowest BCUT2D eigenvalue weighted by atomic mass is 9.86. The molecule has 4 nitrogen and oxygen atoms in total. The number of fused-ring (bicyclic) bond motifs is 6. The maximum atomic E-state index is 6.23. The van der Waals surface area contributed by atoms with Crippen LogP contribution in [0.5, 0.6) is 0 Å². The molecular weight excluding hydrogens is 671 g/mol. The van der Waals surface area contributed by atoms with Gasteiger partial charge >= 0.3 is 0 Å². The number of nitrogens with zero attached hydrogens (tertiary/aromatic N) is 3. The Labute approximate surface area is 318 Å². The molecule has 0 bridgehead atoms. The van der Waals surface area contributed by atoms with Crippen LogP contribution in [0.15, 0.2) is 180 Å². The highest BCUT2D eigenvalue weighted by Crippen LogP contribution is 2.39. The number of aromatic nitrogens is 3. The van der Waals surface area contributed by atoms with Gasteiger partial charge in [-0.2, -0.15) is 0 Å². The van der Waals surface area contributed by atoms with E-state index in [0.29, 0.717) is 11.6 Å². The molecule has 11 rings (SSSR count). The Hall–Kier alpha value is -7.17. The van der Waals surface area contributed by atoms with Crippen molar-refractivity contribution in [2.45, 2.75) is 12.3 Å². The van der Waals surface area contributed by atoms with Gasteiger partial charge in [0.25, 0.3) is 0 Å². The summed E-state index contributed by atoms with van der Waals surface area (Å²) in [4.78, 5) is 15.5. The van der Waals surface area contributed by atoms with Crippen LogP contribution < -0.4 is 0 Å². The quantitative estimate of drug-likeness (QED) is 0.179. The van der Waals surface area contributed by atoms with Crippen LogP contribution in [-0.2, 0) is 6.42 Å². The van der Waals surface area contributed by atoms with E-state index in [1.54, 1.807) is 0 Å². The average Bonchev–Trinajstić information content (AvgIpc) is 3.65. The summed E-state index contributed by atoms with van der Waals surface area (Å²) in [5, 5.41) is 7.09. The third kappa shape index (κ3) is 5.58. The molecule has 4 heteroatoms. The van der Waals surface area contributed by atoms with Crippen LogP contribution in [0.2, 0.25) is 0 Å². The van der Waals surface area contributed by atoms with Crippen molar-refractivity contribution >= 4 is 49.6 Å². The third-order valence-corrected chi connectivity index (χ3v) is 11.0. The van der Waals surface area contributed by atoms with Gasteiger partial charge in [0.15, 0.2) is 11.6 Å². The summed E-state index contributed by atoms with van der Waals surface area (Å²) in [7, 11) is 0. The lowest BCUT2D eigenvalue weighted by Gasteiger charge is -2.20. The molecule has 1 aliphatic rings. The summed E-state index contributed by atoms with van der Waals surface area (Å²) in [6.45, 7) is 0. The molecule has 0 radical (unpaired) electrons. The van der Waals surface area contributed by atoms with Gasteiger partial charge < -0.3 is 4.42 Å². The van der Waals surface area contributed by atoms with Gasteiger partial charge in [0.2, 0.25) is 0 Å². The van der Waals surface area contributed by atoms with E-state index in [0.717, 1.165) is 56.3 Å². The van der Waals surface area contributed by atoms with Crippen molar-refractivity contribution in [3.05, 3.63) is 193 Å². The molecule has 0 aliphatic heterocycles. The lowest BCUT2D eigenvalue weighted by Crippen LogP contribution is -2.12. The largest absolute Gasteiger partial charge is 0.456 e. The van der Waals surface area contributed by atoms with Crippen LogP contribution in [0.25, 0.3) is 94.6 Å². The zero-order chi connectivity index (χ0) is 36.3. The summed E-state index contributed by atoms with van der Waals surface area (Å²) < 4.78 is 6.23. The SMILES string of the molecule is C1=CC(c2nc(-c3ccc(-c4ccc5ccccc5c4)cc3)nc(-c3ccc4ccccc4c3)n2)Cc2cc(-c3cccc4oc5ccccc5c34)ccc21. The Morgan fingerprint density at radius 2 is 1.07 bits per heavy atom. The fraction of sp³-hybridized carbons (Fsp3) is 0.0392. The Kier molecular flexibility index (Phi) is 7.27. The van der Waals surface area contributed by atoms with E-state index in [4.69, 9.17) is 19.4 Å². The molecule has 2 heterocycles. The van der Waals surface area contributed by atoms with Crippen molar-refractivity contribution in [1.82, 2.24) is 15.0 Å². The average molecular weight is 704 g/mol. The van der Waals surface area contributed by atoms with Crippen LogP contribution in [-0.4, -0.2) is 15.0 Å². The number of hydrogen-bond donors (Lipinski definition) is 0. The number of para-hydroxylation sites is 1. The van der Waals surface area contributed by atoms with Crippen LogP contribution in [0.4, 0.5) is 0 Å². The maximum Gasteiger partial charge on any atom is 0.163 e. The summed E-state index contributed by atoms with van der Waals surface area (Å²) in [6, 6.07) is 59.9. The van der Waals surface area contributed by atoms with E-state index in [9.17, 15) is 0 Å². The zero-order valence-electron chi connectivity index (χ0n) is 29.9. The van der Waals surface area contributed by atoms with Gasteiger partial charge in [-0.05, 0) is 85.6 Å². The van der Waals surface area contributed by atoms with Crippen molar-refractivity contribution in [2.75, 3.05) is 0 Å². The van der Waals surface area contributed by atoms with Crippen molar-refractivity contribution in [3.63, 3.8) is 0 Å². The summed E-state index contributed by atoms with van der Waals surface area (Å²) in [6.07, 6.45) is 5.25. The summed E-state index contributed by atoms with van der Waals surface area (Å²) in [5.41, 5.74) is 10.9. The molecule has 1 unspecified atom stereocenters. The van der Waals surface area contributed by atoms with Crippen molar-refractivity contribution < 1.29 is 4.42 Å². The first-order chi connectivity index (χ1) is 27.2. The molecule has 0 spiro atoms. The Morgan fingerprint density at radius 1 is 0.455 bits per heavy atom. The van der Waals surface area contributed by atoms with Gasteiger partial charge in [0.1, 0.15) is 17.0 Å². The minimum Gasteiger partial charge on any atom is -0.456 e. The molecule has 0 N–H and O–H groups in total. The van der Waals surface area contributed by atoms with E-state index >= 15 is 0 Å². The Balaban J connectivity index is 0.985. The molecule has 1 aliphatic carbocycles. The number of allylic oxidation sites excluding steroid dienone is 1. The Morgan fingerprint density at radius 3 is 1.87 bits per heavy atom. The second-order valence-corrected chi connectivity index (χ2v) is 14.4. The highest BCUT2D eigenvalue weighted by Gasteiger charge is 2.22. The molecule has 10 aromatic rings. The second kappa shape index (κ2) is 12.8. The van der Waals surface area contributed by atoms with Gasteiger partial charge in [-0.15, -0.1) is 0 Å². The van der Waals surface area contributed by atoms with E-state index < -0.39 is 0 Å². The van der Waals surface area contributed by atoms with Gasteiger partial charge in [-0.25, -0.2) is 15.0 Å². The Bertz CT molecular complexity index is 3140. The van der Waals surface area contributed by atoms with Crippen LogP contribution in [0, 0.1) is 0 Å². The zero-order valence-corrected chi connectivity index (χ0v) is 29.9. The summed E-state index contributed by atoms with van der Waals surface area (Å²) in [5.74, 6) is 2.09. The van der Waals surface area contributed by atoms with Crippen LogP contribution in [0.3, 0.4) is 0 Å². The monoisotopic (exact) mass is 703 g/mol. The van der Waals surface area contributed by atoms with Gasteiger partial charge in [-0.3, -0.25) is 0 Å². The minimum atomic E-state index is -0.0221. The molecule has 0 saturated heterocycles. The van der Waals surface area contributed by atoms with E-state index in [-0.39, 0.29) is 5.92 Å². The van der Waals surface area contributed by atoms with E-state index in [1.807, 2.05) is 12.1 Å². The standard InChI is InChI=1S/C51H33N3O/c1-3-10-37-28-39(24-18-32(37)8-1)34-16-22-36(23-17-34)49-52-50(41-26-20-33-9-2-4-11-38(33)29-41)54-51(53-49)42-27-21-35-19-25-40(30-43(35)31-42)44-13-7-15-47-48(44)45-12-5-6-14-46(45)55-47/h1-30,42H,31H2. The summed E-state index contributed by atoms with van der Waals surface area (Å²) >= 11 is 0. The lowest BCUT2D eigenvalue weighted by molar-refractivity contribution is 0.669. The van der Waals surface area contributed by atoms with Gasteiger partial charge in [0.05, 0.1) is 0 Å². The first-order valence-electron chi connectivity index (χ1n) is 18.8. The molecule has 1 atom stereocenters. The maximum absolute atomic E-state index is 6.23. The molecule has 258 valence electrons. The predicted molar refractivity (Wildman–Crippen MR) is 226 cm³/mol. The number of benzene rings is 8. The van der Waals surface area contributed by atoms with Crippen molar-refractivity contribution in [1.29, 1.82) is 0 Å². The normalized spacial score (nSPS) is 13.9. The molecule has 0 amide bonds.